The number of aromatic amines is 1. The van der Waals surface area contributed by atoms with Gasteiger partial charge in [-0.2, -0.15) is 5.10 Å². The molecule has 0 atom stereocenters. The normalized spacial score (nSPS) is 11.5. The molecule has 0 aliphatic carbocycles. The molecule has 0 aliphatic heterocycles. The highest BCUT2D eigenvalue weighted by atomic mass is 35.5. The molecule has 33 heavy (non-hydrogen) atoms. The average molecular weight is 474 g/mol. The topological polar surface area (TPSA) is 75.1 Å². The molecule has 0 radical (unpaired) electrons. The molecule has 5 aromatic rings. The molecule has 1 amide bonds. The number of nitrogens with one attached hydrogen (secondary N) is 2. The fourth-order valence-corrected chi connectivity index (χ4v) is 4.56. The molecule has 2 heterocycles. The number of H-pyrrole nitrogens is 1. The van der Waals surface area contributed by atoms with E-state index in [1.807, 2.05) is 79.0 Å². The maximum absolute atomic E-state index is 12.4. The Morgan fingerprint density at radius 3 is 2.76 bits per heavy atom. The van der Waals surface area contributed by atoms with Crippen LogP contribution in [-0.2, 0) is 11.3 Å². The van der Waals surface area contributed by atoms with E-state index in [1.165, 1.54) is 11.8 Å². The average Bonchev–Trinajstić information content (AvgIpc) is 3.41. The van der Waals surface area contributed by atoms with Gasteiger partial charge in [-0.3, -0.25) is 4.79 Å². The van der Waals surface area contributed by atoms with Gasteiger partial charge in [0.15, 0.2) is 5.16 Å². The predicted molar refractivity (Wildman–Crippen MR) is 135 cm³/mol. The molecular weight excluding hydrogens is 454 g/mol. The molecular formula is C25H20ClN5OS. The van der Waals surface area contributed by atoms with Crippen molar-refractivity contribution in [3.63, 3.8) is 0 Å². The number of benzene rings is 3. The van der Waals surface area contributed by atoms with Gasteiger partial charge in [-0.05, 0) is 35.9 Å². The molecule has 2 N–H and O–H groups in total. The number of thioether (sulfide) groups is 1. The number of carbonyl (C=O) groups is 1. The molecule has 6 nitrogen and oxygen atoms in total. The lowest BCUT2D eigenvalue weighted by Gasteiger charge is -2.09. The summed E-state index contributed by atoms with van der Waals surface area (Å²) in [5.74, 6) is 0.0102. The Labute approximate surface area is 199 Å². The van der Waals surface area contributed by atoms with Crippen molar-refractivity contribution in [1.29, 1.82) is 0 Å². The smallest absolute Gasteiger partial charge is 0.250 e. The monoisotopic (exact) mass is 473 g/mol. The number of carbonyl (C=O) groups excluding carboxylic acids is 1. The maximum atomic E-state index is 12.4. The summed E-state index contributed by atoms with van der Waals surface area (Å²) in [5, 5.41) is 6.66. The number of hydrazone groups is 1. The molecule has 0 fully saturated rings. The van der Waals surface area contributed by atoms with Crippen LogP contribution in [0.4, 0.5) is 0 Å². The summed E-state index contributed by atoms with van der Waals surface area (Å²) in [6.07, 6.45) is 3.52. The highest BCUT2D eigenvalue weighted by molar-refractivity contribution is 7.99. The lowest BCUT2D eigenvalue weighted by atomic mass is 10.2. The summed E-state index contributed by atoms with van der Waals surface area (Å²) < 4.78 is 2.12. The zero-order valence-electron chi connectivity index (χ0n) is 17.5. The summed E-state index contributed by atoms with van der Waals surface area (Å²) in [5.41, 5.74) is 7.58. The van der Waals surface area contributed by atoms with Gasteiger partial charge in [0, 0.05) is 27.7 Å². The Hall–Kier alpha value is -3.55. The van der Waals surface area contributed by atoms with Crippen LogP contribution < -0.4 is 5.43 Å². The first-order chi connectivity index (χ1) is 16.2. The number of rotatable bonds is 7. The molecule has 0 bridgehead atoms. The summed E-state index contributed by atoms with van der Waals surface area (Å²) in [7, 11) is 0. The second kappa shape index (κ2) is 9.52. The number of hydrogen-bond donors (Lipinski definition) is 2. The Balaban J connectivity index is 1.27. The van der Waals surface area contributed by atoms with Crippen LogP contribution >= 0.6 is 23.4 Å². The lowest BCUT2D eigenvalue weighted by molar-refractivity contribution is -0.118. The van der Waals surface area contributed by atoms with Crippen LogP contribution in [0.5, 0.6) is 0 Å². The van der Waals surface area contributed by atoms with Crippen LogP contribution in [0, 0.1) is 0 Å². The Bertz CT molecular complexity index is 1460. The molecule has 8 heteroatoms. The van der Waals surface area contributed by atoms with Gasteiger partial charge in [0.1, 0.15) is 0 Å². The van der Waals surface area contributed by atoms with Crippen molar-refractivity contribution in [1.82, 2.24) is 20.0 Å². The minimum absolute atomic E-state index is 0.193. The van der Waals surface area contributed by atoms with E-state index in [0.717, 1.165) is 38.2 Å². The molecule has 0 spiro atoms. The van der Waals surface area contributed by atoms with Gasteiger partial charge < -0.3 is 9.55 Å². The molecule has 0 unspecified atom stereocenters. The number of fused-ring (bicyclic) bond motifs is 2. The van der Waals surface area contributed by atoms with E-state index in [2.05, 4.69) is 20.1 Å². The quantitative estimate of drug-likeness (QED) is 0.187. The second-order valence-electron chi connectivity index (χ2n) is 7.47. The van der Waals surface area contributed by atoms with Crippen LogP contribution in [0.1, 0.15) is 11.1 Å². The molecule has 0 saturated carbocycles. The molecule has 2 aromatic heterocycles. The van der Waals surface area contributed by atoms with E-state index in [4.69, 9.17) is 16.6 Å². The third-order valence-electron chi connectivity index (χ3n) is 5.22. The van der Waals surface area contributed by atoms with Gasteiger partial charge in [-0.25, -0.2) is 10.4 Å². The number of aromatic nitrogens is 3. The van der Waals surface area contributed by atoms with E-state index in [0.29, 0.717) is 11.6 Å². The molecule has 5 rings (SSSR count). The van der Waals surface area contributed by atoms with Crippen molar-refractivity contribution in [3.05, 3.63) is 95.1 Å². The Kier molecular flexibility index (Phi) is 6.15. The highest BCUT2D eigenvalue weighted by Crippen LogP contribution is 2.25. The second-order valence-corrected chi connectivity index (χ2v) is 8.85. The first-order valence-electron chi connectivity index (χ1n) is 10.4. The summed E-state index contributed by atoms with van der Waals surface area (Å²) in [6, 6.07) is 23.7. The minimum atomic E-state index is -0.193. The van der Waals surface area contributed by atoms with Gasteiger partial charge in [0.25, 0.3) is 5.91 Å². The number of amides is 1. The number of nitrogens with zero attached hydrogens (tertiary/aromatic N) is 3. The number of hydrogen-bond acceptors (Lipinski definition) is 4. The fourth-order valence-electron chi connectivity index (χ4n) is 3.63. The van der Waals surface area contributed by atoms with Crippen LogP contribution in [-0.4, -0.2) is 32.4 Å². The first-order valence-corrected chi connectivity index (χ1v) is 11.7. The SMILES string of the molecule is O=C(CSc1nc2ccccc2n1Cc1ccc(Cl)cc1)N/N=C\c1c[nH]c2ccccc12. The van der Waals surface area contributed by atoms with Gasteiger partial charge in [-0.1, -0.05) is 65.8 Å². The summed E-state index contributed by atoms with van der Waals surface area (Å²) in [6.45, 7) is 0.639. The zero-order valence-corrected chi connectivity index (χ0v) is 19.1. The lowest BCUT2D eigenvalue weighted by Crippen LogP contribution is -2.20. The van der Waals surface area contributed by atoms with E-state index in [1.54, 1.807) is 6.21 Å². The maximum Gasteiger partial charge on any atom is 0.250 e. The predicted octanol–water partition coefficient (Wildman–Crippen LogP) is 5.46. The van der Waals surface area contributed by atoms with Crippen LogP contribution in [0.2, 0.25) is 5.02 Å². The van der Waals surface area contributed by atoms with E-state index in [-0.39, 0.29) is 11.7 Å². The highest BCUT2D eigenvalue weighted by Gasteiger charge is 2.13. The van der Waals surface area contributed by atoms with Gasteiger partial charge in [0.2, 0.25) is 0 Å². The number of halogens is 1. The van der Waals surface area contributed by atoms with E-state index in [9.17, 15) is 4.79 Å². The van der Waals surface area contributed by atoms with Crippen molar-refractivity contribution in [2.24, 2.45) is 5.10 Å². The van der Waals surface area contributed by atoms with Gasteiger partial charge in [-0.15, -0.1) is 0 Å². The molecule has 164 valence electrons. The largest absolute Gasteiger partial charge is 0.361 e. The third-order valence-corrected chi connectivity index (χ3v) is 6.45. The number of para-hydroxylation sites is 3. The minimum Gasteiger partial charge on any atom is -0.361 e. The van der Waals surface area contributed by atoms with Crippen LogP contribution in [0.25, 0.3) is 21.9 Å². The standard InChI is InChI=1S/C25H20ClN5OS/c26-19-11-9-17(10-12-19)15-31-23-8-4-3-7-22(23)29-25(31)33-16-24(32)30-28-14-18-13-27-21-6-2-1-5-20(18)21/h1-14,27H,15-16H2,(H,30,32)/b28-14-. The van der Waals surface area contributed by atoms with Crippen molar-refractivity contribution in [2.45, 2.75) is 11.7 Å². The van der Waals surface area contributed by atoms with E-state index >= 15 is 0 Å². The summed E-state index contributed by atoms with van der Waals surface area (Å²) >= 11 is 7.41. The summed E-state index contributed by atoms with van der Waals surface area (Å²) in [4.78, 5) is 20.3. The number of imidazole rings is 1. The molecule has 0 aliphatic rings. The first kappa shape index (κ1) is 21.3. The molecule has 3 aromatic carbocycles. The van der Waals surface area contributed by atoms with Crippen LogP contribution in [0.15, 0.2) is 89.3 Å². The van der Waals surface area contributed by atoms with Gasteiger partial charge >= 0.3 is 0 Å². The third kappa shape index (κ3) is 4.79. The van der Waals surface area contributed by atoms with Gasteiger partial charge in [0.05, 0.1) is 29.5 Å². The Morgan fingerprint density at radius 1 is 1.09 bits per heavy atom. The molecule has 0 saturated heterocycles. The van der Waals surface area contributed by atoms with Crippen molar-refractivity contribution >= 4 is 57.4 Å². The Morgan fingerprint density at radius 2 is 1.88 bits per heavy atom. The van der Waals surface area contributed by atoms with Crippen molar-refractivity contribution < 1.29 is 4.79 Å². The zero-order chi connectivity index (χ0) is 22.6. The van der Waals surface area contributed by atoms with E-state index < -0.39 is 0 Å². The fraction of sp³-hybridized carbons (Fsp3) is 0.0800. The van der Waals surface area contributed by atoms with Crippen LogP contribution in [0.3, 0.4) is 0 Å². The van der Waals surface area contributed by atoms with Crippen molar-refractivity contribution in [3.8, 4) is 0 Å². The van der Waals surface area contributed by atoms with Crippen molar-refractivity contribution in [2.75, 3.05) is 5.75 Å².